The number of aromatic nitrogens is 2. The maximum absolute atomic E-state index is 4.75. The summed E-state index contributed by atoms with van der Waals surface area (Å²) in [5, 5.41) is 1.27. The number of fused-ring (bicyclic) bond motifs is 3. The highest BCUT2D eigenvalue weighted by Gasteiger charge is 2.27. The Morgan fingerprint density at radius 1 is 1.00 bits per heavy atom. The second kappa shape index (κ2) is 5.67. The predicted molar refractivity (Wildman–Crippen MR) is 99.2 cm³/mol. The average molecular weight is 334 g/mol. The van der Waals surface area contributed by atoms with E-state index in [9.17, 15) is 0 Å². The van der Waals surface area contributed by atoms with E-state index >= 15 is 0 Å². The number of nitrogens with zero attached hydrogens (tertiary/aromatic N) is 4. The first kappa shape index (κ1) is 14.1. The molecule has 0 spiro atoms. The molecule has 0 fully saturated rings. The number of rotatable bonds is 2. The average Bonchev–Trinajstić information content (AvgIpc) is 3.27. The lowest BCUT2D eigenvalue weighted by Gasteiger charge is -2.21. The Morgan fingerprint density at radius 3 is 2.79 bits per heavy atom. The largest absolute Gasteiger partial charge is 0.308 e. The van der Waals surface area contributed by atoms with Crippen LogP contribution in [0.25, 0.3) is 10.2 Å². The van der Waals surface area contributed by atoms with Crippen molar-refractivity contribution in [2.75, 3.05) is 18.0 Å². The van der Waals surface area contributed by atoms with Crippen molar-refractivity contribution in [3.8, 4) is 0 Å². The topological polar surface area (TPSA) is 41.4 Å². The highest BCUT2D eigenvalue weighted by atomic mass is 32.1. The molecule has 5 rings (SSSR count). The van der Waals surface area contributed by atoms with Crippen LogP contribution in [0.1, 0.15) is 28.8 Å². The van der Waals surface area contributed by atoms with Crippen LogP contribution < -0.4 is 4.90 Å². The zero-order chi connectivity index (χ0) is 15.9. The monoisotopic (exact) mass is 334 g/mol. The number of aliphatic imine (C=N–C) groups is 1. The summed E-state index contributed by atoms with van der Waals surface area (Å²) in [6, 6.07) is 10.4. The number of hydrogen-bond acceptors (Lipinski definition) is 5. The lowest BCUT2D eigenvalue weighted by molar-refractivity contribution is 0.700. The summed E-state index contributed by atoms with van der Waals surface area (Å²) in [5.41, 5.74) is 2.64. The minimum Gasteiger partial charge on any atom is -0.308 e. The smallest absolute Gasteiger partial charge is 0.146 e. The van der Waals surface area contributed by atoms with Gasteiger partial charge in [-0.2, -0.15) is 0 Å². The molecule has 3 heterocycles. The Kier molecular flexibility index (Phi) is 3.33. The molecule has 0 saturated carbocycles. The maximum Gasteiger partial charge on any atom is 0.146 e. The van der Waals surface area contributed by atoms with Gasteiger partial charge < -0.3 is 4.90 Å². The molecule has 1 aliphatic carbocycles. The Hall–Kier alpha value is -2.27. The maximum atomic E-state index is 4.75. The summed E-state index contributed by atoms with van der Waals surface area (Å²) in [5.74, 6) is 2.07. The van der Waals surface area contributed by atoms with Gasteiger partial charge in [0.05, 0.1) is 11.9 Å². The molecule has 4 nitrogen and oxygen atoms in total. The van der Waals surface area contributed by atoms with Gasteiger partial charge in [-0.1, -0.05) is 30.3 Å². The summed E-state index contributed by atoms with van der Waals surface area (Å²) in [6.45, 7) is 1.71. The van der Waals surface area contributed by atoms with E-state index < -0.39 is 0 Å². The molecule has 0 radical (unpaired) electrons. The number of aryl methyl sites for hydroxylation is 2. The fourth-order valence-corrected chi connectivity index (χ4v) is 4.99. The number of hydrogen-bond donors (Lipinski definition) is 0. The van der Waals surface area contributed by atoms with Gasteiger partial charge in [-0.15, -0.1) is 11.3 Å². The van der Waals surface area contributed by atoms with Gasteiger partial charge in [0.1, 0.15) is 22.8 Å². The Bertz CT molecular complexity index is 929. The van der Waals surface area contributed by atoms with E-state index in [0.717, 1.165) is 41.6 Å². The van der Waals surface area contributed by atoms with E-state index in [4.69, 9.17) is 4.99 Å². The third-order valence-electron chi connectivity index (χ3n) is 4.86. The van der Waals surface area contributed by atoms with Crippen molar-refractivity contribution < 1.29 is 0 Å². The normalized spacial score (nSPS) is 17.2. The zero-order valence-electron chi connectivity index (χ0n) is 13.4. The van der Waals surface area contributed by atoms with Gasteiger partial charge in [0.2, 0.25) is 0 Å². The first-order valence-corrected chi connectivity index (χ1v) is 9.36. The minimum absolute atomic E-state index is 0.821. The van der Waals surface area contributed by atoms with Gasteiger partial charge in [-0.05, 0) is 31.2 Å². The fourth-order valence-electron chi connectivity index (χ4n) is 3.77. The van der Waals surface area contributed by atoms with Crippen molar-refractivity contribution in [3.05, 3.63) is 52.7 Å². The molecule has 24 heavy (non-hydrogen) atoms. The zero-order valence-corrected chi connectivity index (χ0v) is 14.2. The molecule has 1 aliphatic heterocycles. The summed E-state index contributed by atoms with van der Waals surface area (Å²) >= 11 is 1.85. The van der Waals surface area contributed by atoms with Crippen LogP contribution in [0.5, 0.6) is 0 Å². The third kappa shape index (κ3) is 2.15. The second-order valence-electron chi connectivity index (χ2n) is 6.31. The summed E-state index contributed by atoms with van der Waals surface area (Å²) in [7, 11) is 0. The molecule has 0 N–H and O–H groups in total. The van der Waals surface area contributed by atoms with E-state index in [1.54, 1.807) is 6.33 Å². The number of anilines is 1. The number of amidine groups is 1. The molecule has 2 aromatic heterocycles. The fraction of sp³-hybridized carbons (Fsp3) is 0.316. The highest BCUT2D eigenvalue weighted by molar-refractivity contribution is 7.19. The lowest BCUT2D eigenvalue weighted by Crippen LogP contribution is -2.29. The molecule has 3 aromatic rings. The molecule has 5 heteroatoms. The summed E-state index contributed by atoms with van der Waals surface area (Å²) in [6.07, 6.45) is 6.62. The SMILES string of the molecule is c1ccc(C2=NCCN2c2ncnc3sc4c(c23)CCCC4)cc1. The second-order valence-corrected chi connectivity index (χ2v) is 7.39. The van der Waals surface area contributed by atoms with Gasteiger partial charge in [-0.3, -0.25) is 4.99 Å². The third-order valence-corrected chi connectivity index (χ3v) is 6.06. The van der Waals surface area contributed by atoms with E-state index in [2.05, 4.69) is 39.1 Å². The molecule has 0 unspecified atom stereocenters. The van der Waals surface area contributed by atoms with Crippen LogP contribution in [0, 0.1) is 0 Å². The molecular weight excluding hydrogens is 316 g/mol. The molecule has 0 bridgehead atoms. The van der Waals surface area contributed by atoms with Crippen LogP contribution in [0.15, 0.2) is 41.7 Å². The predicted octanol–water partition coefficient (Wildman–Crippen LogP) is 3.84. The van der Waals surface area contributed by atoms with E-state index in [-0.39, 0.29) is 0 Å². The van der Waals surface area contributed by atoms with Gasteiger partial charge in [0, 0.05) is 17.0 Å². The standard InChI is InChI=1S/C19H18N4S/c1-2-6-13(7-3-1)17-20-10-11-23(17)18-16-14-8-4-5-9-15(14)24-19(16)22-12-21-18/h1-3,6-7,12H,4-5,8-11H2. The number of thiophene rings is 1. The first-order chi connectivity index (χ1) is 11.9. The molecule has 0 saturated heterocycles. The van der Waals surface area contributed by atoms with Crippen molar-refractivity contribution in [2.24, 2.45) is 4.99 Å². The van der Waals surface area contributed by atoms with Crippen molar-refractivity contribution in [2.45, 2.75) is 25.7 Å². The highest BCUT2D eigenvalue weighted by Crippen LogP contribution is 2.39. The molecule has 0 amide bonds. The Balaban J connectivity index is 1.67. The van der Waals surface area contributed by atoms with Gasteiger partial charge in [0.25, 0.3) is 0 Å². The minimum atomic E-state index is 0.821. The summed E-state index contributed by atoms with van der Waals surface area (Å²) in [4.78, 5) is 18.9. The Labute approximate surface area is 144 Å². The lowest BCUT2D eigenvalue weighted by atomic mass is 9.97. The van der Waals surface area contributed by atoms with Crippen molar-refractivity contribution in [3.63, 3.8) is 0 Å². The number of benzene rings is 1. The molecule has 1 aromatic carbocycles. The molecule has 2 aliphatic rings. The van der Waals surface area contributed by atoms with Crippen LogP contribution in [-0.4, -0.2) is 28.9 Å². The van der Waals surface area contributed by atoms with Crippen LogP contribution in [0.4, 0.5) is 5.82 Å². The van der Waals surface area contributed by atoms with Crippen LogP contribution in [0.3, 0.4) is 0 Å². The van der Waals surface area contributed by atoms with Crippen molar-refractivity contribution >= 4 is 33.2 Å². The Morgan fingerprint density at radius 2 is 1.88 bits per heavy atom. The summed E-state index contributed by atoms with van der Waals surface area (Å²) < 4.78 is 0. The van der Waals surface area contributed by atoms with Crippen LogP contribution >= 0.6 is 11.3 Å². The quantitative estimate of drug-likeness (QED) is 0.715. The van der Waals surface area contributed by atoms with E-state index in [1.807, 2.05) is 17.4 Å². The van der Waals surface area contributed by atoms with Gasteiger partial charge >= 0.3 is 0 Å². The van der Waals surface area contributed by atoms with E-state index in [1.165, 1.54) is 35.1 Å². The van der Waals surface area contributed by atoms with Crippen molar-refractivity contribution in [1.29, 1.82) is 0 Å². The first-order valence-electron chi connectivity index (χ1n) is 8.54. The molecular formula is C19H18N4S. The van der Waals surface area contributed by atoms with Crippen LogP contribution in [-0.2, 0) is 12.8 Å². The molecule has 0 atom stereocenters. The van der Waals surface area contributed by atoms with E-state index in [0.29, 0.717) is 0 Å². The van der Waals surface area contributed by atoms with Gasteiger partial charge in [-0.25, -0.2) is 9.97 Å². The van der Waals surface area contributed by atoms with Crippen molar-refractivity contribution in [1.82, 2.24) is 9.97 Å². The molecule has 120 valence electrons. The van der Waals surface area contributed by atoms with Crippen LogP contribution in [0.2, 0.25) is 0 Å². The van der Waals surface area contributed by atoms with Gasteiger partial charge in [0.15, 0.2) is 0 Å².